The second-order valence-electron chi connectivity index (χ2n) is 4.68. The molecule has 2 heteroatoms. The van der Waals surface area contributed by atoms with Crippen molar-refractivity contribution in [1.29, 1.82) is 0 Å². The van der Waals surface area contributed by atoms with Gasteiger partial charge in [-0.25, -0.2) is 0 Å². The number of ether oxygens (including phenoxy) is 1. The van der Waals surface area contributed by atoms with Crippen LogP contribution in [0, 0.1) is 6.92 Å². The van der Waals surface area contributed by atoms with E-state index < -0.39 is 0 Å². The number of carbonyl (C=O) groups excluding carboxylic acids is 1. The average Bonchev–Trinajstić information content (AvgIpc) is 2.38. The normalized spacial score (nSPS) is 18.1. The van der Waals surface area contributed by atoms with Crippen molar-refractivity contribution >= 4 is 5.97 Å². The number of esters is 1. The van der Waals surface area contributed by atoms with E-state index >= 15 is 0 Å². The zero-order chi connectivity index (χ0) is 12.5. The highest BCUT2D eigenvalue weighted by Crippen LogP contribution is 2.38. The molecule has 0 saturated carbocycles. The van der Waals surface area contributed by atoms with Gasteiger partial charge in [0.05, 0.1) is 6.42 Å². The van der Waals surface area contributed by atoms with Crippen LogP contribution in [0.5, 0.6) is 5.75 Å². The fourth-order valence-electron chi connectivity index (χ4n) is 2.44. The molecule has 1 atom stereocenters. The zero-order valence-electron chi connectivity index (χ0n) is 10.2. The van der Waals surface area contributed by atoms with Crippen molar-refractivity contribution in [2.75, 3.05) is 0 Å². The summed E-state index contributed by atoms with van der Waals surface area (Å²) in [5.74, 6) is 0.671. The molecule has 0 bridgehead atoms. The molecule has 2 aromatic rings. The molecule has 1 aliphatic heterocycles. The second-order valence-corrected chi connectivity index (χ2v) is 4.68. The maximum absolute atomic E-state index is 11.7. The summed E-state index contributed by atoms with van der Waals surface area (Å²) in [6.07, 6.45) is 0.417. The van der Waals surface area contributed by atoms with Gasteiger partial charge >= 0.3 is 5.97 Å². The maximum atomic E-state index is 11.7. The van der Waals surface area contributed by atoms with Gasteiger partial charge in [-0.3, -0.25) is 4.79 Å². The van der Waals surface area contributed by atoms with E-state index in [0.29, 0.717) is 12.2 Å². The van der Waals surface area contributed by atoms with Crippen LogP contribution in [0.1, 0.15) is 29.0 Å². The molecule has 18 heavy (non-hydrogen) atoms. The molecule has 2 aromatic carbocycles. The second kappa shape index (κ2) is 4.30. The van der Waals surface area contributed by atoms with Crippen LogP contribution in [0.25, 0.3) is 0 Å². The molecule has 3 rings (SSSR count). The molecular formula is C16H14O2. The van der Waals surface area contributed by atoms with Gasteiger partial charge in [0.1, 0.15) is 5.75 Å². The van der Waals surface area contributed by atoms with E-state index in [0.717, 1.165) is 11.1 Å². The number of hydrogen-bond acceptors (Lipinski definition) is 2. The van der Waals surface area contributed by atoms with Crippen molar-refractivity contribution in [3.63, 3.8) is 0 Å². The minimum absolute atomic E-state index is 0.114. The van der Waals surface area contributed by atoms with Gasteiger partial charge in [0, 0.05) is 11.5 Å². The van der Waals surface area contributed by atoms with E-state index in [1.165, 1.54) is 5.56 Å². The fraction of sp³-hybridized carbons (Fsp3) is 0.188. The van der Waals surface area contributed by atoms with Crippen molar-refractivity contribution in [2.45, 2.75) is 19.3 Å². The smallest absolute Gasteiger partial charge is 0.312 e. The van der Waals surface area contributed by atoms with Crippen molar-refractivity contribution in [2.24, 2.45) is 0 Å². The van der Waals surface area contributed by atoms with E-state index in [-0.39, 0.29) is 11.9 Å². The Morgan fingerprint density at radius 2 is 1.89 bits per heavy atom. The number of benzene rings is 2. The third-order valence-corrected chi connectivity index (χ3v) is 3.34. The molecule has 0 amide bonds. The van der Waals surface area contributed by atoms with Gasteiger partial charge in [-0.05, 0) is 24.1 Å². The van der Waals surface area contributed by atoms with Gasteiger partial charge in [-0.1, -0.05) is 42.5 Å². The summed E-state index contributed by atoms with van der Waals surface area (Å²) >= 11 is 0. The van der Waals surface area contributed by atoms with Gasteiger partial charge < -0.3 is 4.74 Å². The minimum Gasteiger partial charge on any atom is -0.426 e. The van der Waals surface area contributed by atoms with Crippen LogP contribution in [0.3, 0.4) is 0 Å². The molecule has 0 N–H and O–H groups in total. The summed E-state index contributed by atoms with van der Waals surface area (Å²) in [6.45, 7) is 2.00. The van der Waals surface area contributed by atoms with Crippen LogP contribution in [-0.4, -0.2) is 5.97 Å². The molecule has 0 fully saturated rings. The Kier molecular flexibility index (Phi) is 2.63. The Morgan fingerprint density at radius 1 is 1.11 bits per heavy atom. The summed E-state index contributed by atoms with van der Waals surface area (Å²) in [7, 11) is 0. The molecule has 0 radical (unpaired) electrons. The first-order chi connectivity index (χ1) is 8.74. The Balaban J connectivity index is 2.10. The standard InChI is InChI=1S/C16H14O2/c1-11-7-8-13-14(12-5-3-2-4-6-12)10-16(17)18-15(13)9-11/h2-9,14H,10H2,1H3/t14-/m0/s1. The fourth-order valence-corrected chi connectivity index (χ4v) is 2.44. The number of aryl methyl sites for hydroxylation is 1. The Labute approximate surface area is 106 Å². The molecule has 0 spiro atoms. The van der Waals surface area contributed by atoms with E-state index in [4.69, 9.17) is 4.74 Å². The number of fused-ring (bicyclic) bond motifs is 1. The van der Waals surface area contributed by atoms with Crippen LogP contribution in [0.2, 0.25) is 0 Å². The van der Waals surface area contributed by atoms with Crippen molar-refractivity contribution in [3.05, 3.63) is 65.2 Å². The Hall–Kier alpha value is -2.09. The molecule has 2 nitrogen and oxygen atoms in total. The highest BCUT2D eigenvalue weighted by Gasteiger charge is 2.28. The quantitative estimate of drug-likeness (QED) is 0.562. The number of hydrogen-bond donors (Lipinski definition) is 0. The van der Waals surface area contributed by atoms with E-state index in [1.54, 1.807) is 0 Å². The largest absolute Gasteiger partial charge is 0.426 e. The van der Waals surface area contributed by atoms with Crippen molar-refractivity contribution in [3.8, 4) is 5.75 Å². The molecule has 90 valence electrons. The lowest BCUT2D eigenvalue weighted by Crippen LogP contribution is -2.21. The minimum atomic E-state index is -0.151. The summed E-state index contributed by atoms with van der Waals surface area (Å²) in [5, 5.41) is 0. The number of rotatable bonds is 1. The van der Waals surface area contributed by atoms with Crippen molar-refractivity contribution in [1.82, 2.24) is 0 Å². The predicted molar refractivity (Wildman–Crippen MR) is 69.7 cm³/mol. The Bertz CT molecular complexity index is 587. The average molecular weight is 238 g/mol. The molecule has 0 aliphatic carbocycles. The SMILES string of the molecule is Cc1ccc2c(c1)OC(=O)C[C@H]2c1ccccc1. The van der Waals surface area contributed by atoms with Crippen LogP contribution in [0.4, 0.5) is 0 Å². The van der Waals surface area contributed by atoms with Crippen LogP contribution in [-0.2, 0) is 4.79 Å². The highest BCUT2D eigenvalue weighted by atomic mass is 16.5. The van der Waals surface area contributed by atoms with Gasteiger partial charge in [0.2, 0.25) is 0 Å². The highest BCUT2D eigenvalue weighted by molar-refractivity contribution is 5.77. The van der Waals surface area contributed by atoms with Crippen molar-refractivity contribution < 1.29 is 9.53 Å². The molecule has 1 heterocycles. The number of carbonyl (C=O) groups is 1. The van der Waals surface area contributed by atoms with E-state index in [9.17, 15) is 4.79 Å². The molecular weight excluding hydrogens is 224 g/mol. The van der Waals surface area contributed by atoms with Gasteiger partial charge in [-0.2, -0.15) is 0 Å². The van der Waals surface area contributed by atoms with Gasteiger partial charge in [0.15, 0.2) is 0 Å². The third kappa shape index (κ3) is 1.90. The summed E-state index contributed by atoms with van der Waals surface area (Å²) in [5.41, 5.74) is 3.38. The first-order valence-corrected chi connectivity index (χ1v) is 6.10. The molecule has 0 saturated heterocycles. The van der Waals surface area contributed by atoms with Crippen LogP contribution in [0.15, 0.2) is 48.5 Å². The Morgan fingerprint density at radius 3 is 2.67 bits per heavy atom. The molecule has 0 aromatic heterocycles. The predicted octanol–water partition coefficient (Wildman–Crippen LogP) is 3.44. The summed E-state index contributed by atoms with van der Waals surface area (Å²) in [4.78, 5) is 11.7. The summed E-state index contributed by atoms with van der Waals surface area (Å²) in [6, 6.07) is 16.2. The molecule has 0 unspecified atom stereocenters. The zero-order valence-corrected chi connectivity index (χ0v) is 10.2. The van der Waals surface area contributed by atoms with E-state index in [2.05, 4.69) is 24.3 Å². The lowest BCUT2D eigenvalue weighted by atomic mass is 9.86. The van der Waals surface area contributed by atoms with Crippen LogP contribution < -0.4 is 4.74 Å². The maximum Gasteiger partial charge on any atom is 0.312 e. The van der Waals surface area contributed by atoms with Gasteiger partial charge in [0.25, 0.3) is 0 Å². The monoisotopic (exact) mass is 238 g/mol. The lowest BCUT2D eigenvalue weighted by Gasteiger charge is -2.25. The lowest BCUT2D eigenvalue weighted by molar-refractivity contribution is -0.135. The van der Waals surface area contributed by atoms with Crippen LogP contribution >= 0.6 is 0 Å². The van der Waals surface area contributed by atoms with Gasteiger partial charge in [-0.15, -0.1) is 0 Å². The molecule has 1 aliphatic rings. The first-order valence-electron chi connectivity index (χ1n) is 6.10. The van der Waals surface area contributed by atoms with E-state index in [1.807, 2.05) is 31.2 Å². The summed E-state index contributed by atoms with van der Waals surface area (Å²) < 4.78 is 5.33. The first kappa shape index (κ1) is 11.0. The topological polar surface area (TPSA) is 26.3 Å². The third-order valence-electron chi connectivity index (χ3n) is 3.34.